The lowest BCUT2D eigenvalue weighted by Crippen LogP contribution is -2.29. The van der Waals surface area contributed by atoms with Gasteiger partial charge in [-0.3, -0.25) is 4.72 Å². The molecular formula is C9H23NS. The molecule has 0 amide bonds. The van der Waals surface area contributed by atoms with E-state index in [1.165, 1.54) is 0 Å². The fourth-order valence-electron chi connectivity index (χ4n) is 0.553. The van der Waals surface area contributed by atoms with Crippen molar-refractivity contribution >= 4 is 14.8 Å². The lowest BCUT2D eigenvalue weighted by atomic mass is 10.2. The minimum atomic E-state index is -1.46. The zero-order valence-corrected chi connectivity index (χ0v) is 9.42. The van der Waals surface area contributed by atoms with Crippen LogP contribution in [0.5, 0.6) is 0 Å². The Kier molecular flexibility index (Phi) is 3.33. The zero-order valence-electron chi connectivity index (χ0n) is 8.61. The molecule has 0 aliphatic carbocycles. The molecule has 0 aliphatic heterocycles. The van der Waals surface area contributed by atoms with Crippen LogP contribution in [-0.4, -0.2) is 30.7 Å². The molecule has 0 unspecified atom stereocenters. The van der Waals surface area contributed by atoms with E-state index in [0.29, 0.717) is 0 Å². The van der Waals surface area contributed by atoms with Crippen LogP contribution in [0.4, 0.5) is 0 Å². The normalized spacial score (nSPS) is 16.4. The molecule has 0 heterocycles. The molecule has 0 fully saturated rings. The quantitative estimate of drug-likeness (QED) is 0.649. The Morgan fingerprint density at radius 2 is 1.82 bits per heavy atom. The van der Waals surface area contributed by atoms with Gasteiger partial charge in [0.25, 0.3) is 0 Å². The fraction of sp³-hybridized carbons (Fsp3) is 0.889. The summed E-state index contributed by atoms with van der Waals surface area (Å²) in [4.78, 5) is 0. The molecule has 1 nitrogen and oxygen atoms in total. The van der Waals surface area contributed by atoms with Gasteiger partial charge in [0.05, 0.1) is 0 Å². The molecule has 11 heavy (non-hydrogen) atoms. The van der Waals surface area contributed by atoms with Gasteiger partial charge in [-0.1, -0.05) is 26.6 Å². The highest BCUT2D eigenvalue weighted by atomic mass is 32.3. The molecule has 0 atom stereocenters. The summed E-state index contributed by atoms with van der Waals surface area (Å²) in [5, 5.41) is 0. The molecule has 0 bridgehead atoms. The average molecular weight is 177 g/mol. The van der Waals surface area contributed by atoms with E-state index in [1.807, 2.05) is 0 Å². The van der Waals surface area contributed by atoms with Crippen molar-refractivity contribution in [1.82, 2.24) is 4.72 Å². The van der Waals surface area contributed by atoms with E-state index < -0.39 is 8.94 Å². The van der Waals surface area contributed by atoms with Gasteiger partial charge in [-0.15, -0.1) is 0 Å². The van der Waals surface area contributed by atoms with Gasteiger partial charge in [0.1, 0.15) is 0 Å². The Labute approximate surface area is 71.6 Å². The summed E-state index contributed by atoms with van der Waals surface area (Å²) in [6.45, 7) is 7.76. The van der Waals surface area contributed by atoms with Gasteiger partial charge in [-0.05, 0) is 24.2 Å². The van der Waals surface area contributed by atoms with Crippen molar-refractivity contribution < 1.29 is 0 Å². The minimum Gasteiger partial charge on any atom is -0.285 e. The molecule has 0 aromatic rings. The largest absolute Gasteiger partial charge is 0.285 e. The summed E-state index contributed by atoms with van der Waals surface area (Å²) in [7, 11) is -1.46. The summed E-state index contributed by atoms with van der Waals surface area (Å²) >= 11 is 0. The van der Waals surface area contributed by atoms with Crippen LogP contribution in [0, 0.1) is 5.92 Å². The van der Waals surface area contributed by atoms with Crippen molar-refractivity contribution in [2.24, 2.45) is 5.92 Å². The maximum absolute atomic E-state index is 4.29. The van der Waals surface area contributed by atoms with Crippen LogP contribution >= 0.6 is 8.94 Å². The van der Waals surface area contributed by atoms with Crippen LogP contribution in [0.1, 0.15) is 20.8 Å². The number of nitrogens with one attached hydrogen (secondary N) is 1. The number of hydrogen-bond acceptors (Lipinski definition) is 1. The molecule has 0 saturated carbocycles. The van der Waals surface area contributed by atoms with E-state index in [-0.39, 0.29) is 0 Å². The van der Waals surface area contributed by atoms with Crippen LogP contribution in [0.3, 0.4) is 0 Å². The first-order valence-corrected chi connectivity index (χ1v) is 7.42. The lowest BCUT2D eigenvalue weighted by Gasteiger charge is -2.41. The van der Waals surface area contributed by atoms with Crippen LogP contribution in [-0.2, 0) is 0 Å². The molecule has 2 heteroatoms. The summed E-state index contributed by atoms with van der Waals surface area (Å²) in [6, 6.07) is 0. The van der Waals surface area contributed by atoms with E-state index in [0.717, 1.165) is 18.2 Å². The minimum absolute atomic E-state index is 0.721. The SMILES string of the molecule is C=S(C)(C)(CC)NCC(C)C. The van der Waals surface area contributed by atoms with Gasteiger partial charge in [0.15, 0.2) is 0 Å². The second kappa shape index (κ2) is 3.28. The molecule has 0 aliphatic rings. The first-order chi connectivity index (χ1) is 4.74. The Morgan fingerprint density at radius 3 is 2.09 bits per heavy atom. The van der Waals surface area contributed by atoms with Gasteiger partial charge < -0.3 is 0 Å². The highest BCUT2D eigenvalue weighted by Gasteiger charge is 2.14. The first-order valence-electron chi connectivity index (χ1n) is 4.22. The highest BCUT2D eigenvalue weighted by molar-refractivity contribution is 8.44. The second-order valence-electron chi connectivity index (χ2n) is 4.49. The maximum Gasteiger partial charge on any atom is 0.00621 e. The van der Waals surface area contributed by atoms with E-state index in [2.05, 4.69) is 43.9 Å². The van der Waals surface area contributed by atoms with Crippen molar-refractivity contribution in [2.75, 3.05) is 24.8 Å². The summed E-state index contributed by atoms with van der Waals surface area (Å²) in [5.41, 5.74) is 0. The van der Waals surface area contributed by atoms with Gasteiger partial charge >= 0.3 is 0 Å². The smallest absolute Gasteiger partial charge is 0.00621 e. The standard InChI is InChI=1S/C9H23NS/c1-7-11(4,5,6)10-8-9(2)3/h9-10H,4,7-8H2,1-3,5-6H3. The molecule has 0 rings (SSSR count). The molecule has 0 spiro atoms. The number of rotatable bonds is 4. The molecule has 1 N–H and O–H groups in total. The monoisotopic (exact) mass is 177 g/mol. The predicted molar refractivity (Wildman–Crippen MR) is 59.9 cm³/mol. The van der Waals surface area contributed by atoms with Gasteiger partial charge in [-0.2, -0.15) is 0 Å². The topological polar surface area (TPSA) is 12.0 Å². The molecule has 0 aromatic heterocycles. The fourth-order valence-corrected chi connectivity index (χ4v) is 1.66. The Hall–Kier alpha value is 0.180. The molecular weight excluding hydrogens is 154 g/mol. The molecule has 70 valence electrons. The van der Waals surface area contributed by atoms with E-state index in [4.69, 9.17) is 0 Å². The third-order valence-electron chi connectivity index (χ3n) is 1.91. The third-order valence-corrected chi connectivity index (χ3v) is 4.91. The third kappa shape index (κ3) is 5.45. The van der Waals surface area contributed by atoms with Gasteiger partial charge in [0.2, 0.25) is 0 Å². The van der Waals surface area contributed by atoms with Crippen molar-refractivity contribution in [3.63, 3.8) is 0 Å². The maximum atomic E-state index is 4.29. The van der Waals surface area contributed by atoms with Crippen molar-refractivity contribution in [1.29, 1.82) is 0 Å². The molecule has 0 radical (unpaired) electrons. The zero-order chi connectivity index (χ0) is 9.15. The second-order valence-corrected chi connectivity index (χ2v) is 10.3. The molecule has 0 saturated heterocycles. The van der Waals surface area contributed by atoms with Crippen molar-refractivity contribution in [2.45, 2.75) is 20.8 Å². The Morgan fingerprint density at radius 1 is 1.36 bits per heavy atom. The Bertz CT molecular complexity index is 176. The summed E-state index contributed by atoms with van der Waals surface area (Å²) < 4.78 is 3.58. The van der Waals surface area contributed by atoms with E-state index in [1.54, 1.807) is 0 Å². The first kappa shape index (κ1) is 11.2. The van der Waals surface area contributed by atoms with E-state index in [9.17, 15) is 0 Å². The van der Waals surface area contributed by atoms with Crippen molar-refractivity contribution in [3.8, 4) is 0 Å². The van der Waals surface area contributed by atoms with Crippen molar-refractivity contribution in [3.05, 3.63) is 0 Å². The van der Waals surface area contributed by atoms with Crippen LogP contribution < -0.4 is 4.72 Å². The van der Waals surface area contributed by atoms with Crippen LogP contribution in [0.2, 0.25) is 0 Å². The van der Waals surface area contributed by atoms with Crippen LogP contribution in [0.25, 0.3) is 0 Å². The lowest BCUT2D eigenvalue weighted by molar-refractivity contribution is 0.636. The average Bonchev–Trinajstić information content (AvgIpc) is 1.84. The highest BCUT2D eigenvalue weighted by Crippen LogP contribution is 2.43. The summed E-state index contributed by atoms with van der Waals surface area (Å²) in [6.07, 6.45) is 4.53. The Balaban J connectivity index is 4.03. The van der Waals surface area contributed by atoms with E-state index >= 15 is 0 Å². The van der Waals surface area contributed by atoms with Gasteiger partial charge in [0, 0.05) is 6.54 Å². The van der Waals surface area contributed by atoms with Gasteiger partial charge in [-0.25, -0.2) is 8.94 Å². The summed E-state index contributed by atoms with van der Waals surface area (Å²) in [5.74, 6) is 6.17. The number of hydrogen-bond donors (Lipinski definition) is 1. The molecule has 0 aromatic carbocycles. The predicted octanol–water partition coefficient (Wildman–Crippen LogP) is 2.20. The van der Waals surface area contributed by atoms with Crippen LogP contribution in [0.15, 0.2) is 0 Å².